The van der Waals surface area contributed by atoms with Gasteiger partial charge in [0.15, 0.2) is 4.67 Å². The molecule has 1 heterocycles. The minimum atomic E-state index is 0.527. The first-order valence-corrected chi connectivity index (χ1v) is 5.04. The zero-order valence-electron chi connectivity index (χ0n) is 7.44. The van der Waals surface area contributed by atoms with Crippen molar-refractivity contribution in [3.05, 3.63) is 52.9 Å². The Labute approximate surface area is 90.6 Å². The van der Waals surface area contributed by atoms with Crippen molar-refractivity contribution >= 4 is 15.9 Å². The van der Waals surface area contributed by atoms with E-state index in [-0.39, 0.29) is 0 Å². The molecule has 0 unspecified atom stereocenters. The van der Waals surface area contributed by atoms with Crippen LogP contribution in [0.25, 0.3) is 0 Å². The Kier molecular flexibility index (Phi) is 2.89. The predicted molar refractivity (Wildman–Crippen MR) is 57.2 cm³/mol. The predicted octanol–water partition coefficient (Wildman–Crippen LogP) is 3.62. The van der Waals surface area contributed by atoms with Crippen molar-refractivity contribution in [1.29, 1.82) is 0 Å². The number of hydrogen-bond acceptors (Lipinski definition) is 2. The zero-order chi connectivity index (χ0) is 9.80. The highest BCUT2D eigenvalue weighted by molar-refractivity contribution is 9.10. The quantitative estimate of drug-likeness (QED) is 0.833. The summed E-state index contributed by atoms with van der Waals surface area (Å²) >= 11 is 3.24. The Morgan fingerprint density at radius 1 is 1.21 bits per heavy atom. The van der Waals surface area contributed by atoms with E-state index in [1.807, 2.05) is 36.4 Å². The van der Waals surface area contributed by atoms with Crippen LogP contribution in [-0.4, -0.2) is 0 Å². The second-order valence-electron chi connectivity index (χ2n) is 2.86. The van der Waals surface area contributed by atoms with Crippen LogP contribution in [0.3, 0.4) is 0 Å². The maximum atomic E-state index is 5.52. The Morgan fingerprint density at radius 2 is 2.00 bits per heavy atom. The minimum Gasteiger partial charge on any atom is -0.489 e. The van der Waals surface area contributed by atoms with Gasteiger partial charge in [-0.2, -0.15) is 0 Å². The number of benzene rings is 1. The standard InChI is InChI=1S/C11H9BrO2/c12-11-6-9(8-14-11)7-13-10-4-2-1-3-5-10/h1-6,8H,7H2. The lowest BCUT2D eigenvalue weighted by Crippen LogP contribution is -1.92. The molecule has 1 aromatic carbocycles. The van der Waals surface area contributed by atoms with Gasteiger partial charge in [0.25, 0.3) is 0 Å². The van der Waals surface area contributed by atoms with Gasteiger partial charge >= 0.3 is 0 Å². The third-order valence-corrected chi connectivity index (χ3v) is 2.19. The Balaban J connectivity index is 1.95. The normalized spacial score (nSPS) is 10.1. The van der Waals surface area contributed by atoms with Crippen molar-refractivity contribution in [3.8, 4) is 5.75 Å². The summed E-state index contributed by atoms with van der Waals surface area (Å²) in [6.07, 6.45) is 1.67. The summed E-state index contributed by atoms with van der Waals surface area (Å²) in [6, 6.07) is 11.6. The monoisotopic (exact) mass is 252 g/mol. The highest BCUT2D eigenvalue weighted by atomic mass is 79.9. The highest BCUT2D eigenvalue weighted by Crippen LogP contribution is 2.16. The third-order valence-electron chi connectivity index (χ3n) is 1.77. The molecule has 0 amide bonds. The molecular weight excluding hydrogens is 244 g/mol. The van der Waals surface area contributed by atoms with Gasteiger partial charge in [0, 0.05) is 5.56 Å². The molecule has 2 rings (SSSR count). The van der Waals surface area contributed by atoms with Crippen molar-refractivity contribution in [2.45, 2.75) is 6.61 Å². The van der Waals surface area contributed by atoms with Gasteiger partial charge in [-0.3, -0.25) is 0 Å². The van der Waals surface area contributed by atoms with Crippen molar-refractivity contribution in [2.24, 2.45) is 0 Å². The number of furan rings is 1. The number of para-hydroxylation sites is 1. The van der Waals surface area contributed by atoms with E-state index in [0.717, 1.165) is 16.0 Å². The van der Waals surface area contributed by atoms with Gasteiger partial charge in [-0.1, -0.05) is 18.2 Å². The van der Waals surface area contributed by atoms with Crippen LogP contribution in [-0.2, 0) is 6.61 Å². The molecule has 0 spiro atoms. The first-order chi connectivity index (χ1) is 6.84. The van der Waals surface area contributed by atoms with Gasteiger partial charge in [-0.25, -0.2) is 0 Å². The average molecular weight is 253 g/mol. The summed E-state index contributed by atoms with van der Waals surface area (Å²) in [7, 11) is 0. The van der Waals surface area contributed by atoms with E-state index in [2.05, 4.69) is 15.9 Å². The van der Waals surface area contributed by atoms with Crippen molar-refractivity contribution in [1.82, 2.24) is 0 Å². The van der Waals surface area contributed by atoms with Gasteiger partial charge in [0.2, 0.25) is 0 Å². The molecule has 0 fully saturated rings. The molecule has 0 saturated carbocycles. The van der Waals surface area contributed by atoms with E-state index < -0.39 is 0 Å². The van der Waals surface area contributed by atoms with Crippen LogP contribution in [0.4, 0.5) is 0 Å². The number of ether oxygens (including phenoxy) is 1. The second-order valence-corrected chi connectivity index (χ2v) is 3.64. The summed E-state index contributed by atoms with van der Waals surface area (Å²) in [4.78, 5) is 0. The molecule has 0 aliphatic heterocycles. The SMILES string of the molecule is Brc1cc(COc2ccccc2)co1. The van der Waals surface area contributed by atoms with Crippen LogP contribution >= 0.6 is 15.9 Å². The third kappa shape index (κ3) is 2.39. The summed E-state index contributed by atoms with van der Waals surface area (Å²) < 4.78 is 11.3. The Hall–Kier alpha value is -1.22. The number of halogens is 1. The molecule has 0 N–H and O–H groups in total. The van der Waals surface area contributed by atoms with Crippen LogP contribution in [0.15, 0.2) is 51.7 Å². The average Bonchev–Trinajstić information content (AvgIpc) is 2.63. The van der Waals surface area contributed by atoms with Gasteiger partial charge in [-0.15, -0.1) is 0 Å². The molecule has 3 heteroatoms. The second kappa shape index (κ2) is 4.33. The Morgan fingerprint density at radius 3 is 2.64 bits per heavy atom. The maximum Gasteiger partial charge on any atom is 0.169 e. The Bertz CT molecular complexity index is 395. The zero-order valence-corrected chi connectivity index (χ0v) is 9.03. The van der Waals surface area contributed by atoms with Gasteiger partial charge in [0.05, 0.1) is 6.26 Å². The lowest BCUT2D eigenvalue weighted by atomic mass is 10.3. The molecule has 0 aliphatic rings. The van der Waals surface area contributed by atoms with Crippen LogP contribution in [0.1, 0.15) is 5.56 Å². The summed E-state index contributed by atoms with van der Waals surface area (Å²) in [5.74, 6) is 0.866. The van der Waals surface area contributed by atoms with Gasteiger partial charge in [0.1, 0.15) is 12.4 Å². The smallest absolute Gasteiger partial charge is 0.169 e. The molecule has 2 aromatic rings. The molecule has 0 aliphatic carbocycles. The lowest BCUT2D eigenvalue weighted by molar-refractivity contribution is 0.305. The summed E-state index contributed by atoms with van der Waals surface area (Å²) in [5.41, 5.74) is 1.01. The molecule has 2 nitrogen and oxygen atoms in total. The van der Waals surface area contributed by atoms with Crippen LogP contribution in [0, 0.1) is 0 Å². The van der Waals surface area contributed by atoms with Crippen LogP contribution in [0.5, 0.6) is 5.75 Å². The van der Waals surface area contributed by atoms with Crippen LogP contribution < -0.4 is 4.74 Å². The molecule has 14 heavy (non-hydrogen) atoms. The van der Waals surface area contributed by atoms with Crippen LogP contribution in [0.2, 0.25) is 0 Å². The van der Waals surface area contributed by atoms with E-state index >= 15 is 0 Å². The van der Waals surface area contributed by atoms with E-state index in [1.54, 1.807) is 6.26 Å². The van der Waals surface area contributed by atoms with Crippen molar-refractivity contribution in [2.75, 3.05) is 0 Å². The summed E-state index contributed by atoms with van der Waals surface area (Å²) in [5, 5.41) is 0. The summed E-state index contributed by atoms with van der Waals surface area (Å²) in [6.45, 7) is 0.527. The molecular formula is C11H9BrO2. The fourth-order valence-electron chi connectivity index (χ4n) is 1.10. The fourth-order valence-corrected chi connectivity index (χ4v) is 1.49. The number of rotatable bonds is 3. The minimum absolute atomic E-state index is 0.527. The first-order valence-electron chi connectivity index (χ1n) is 4.25. The lowest BCUT2D eigenvalue weighted by Gasteiger charge is -2.02. The number of hydrogen-bond donors (Lipinski definition) is 0. The van der Waals surface area contributed by atoms with E-state index in [9.17, 15) is 0 Å². The molecule has 0 atom stereocenters. The fraction of sp³-hybridized carbons (Fsp3) is 0.0909. The topological polar surface area (TPSA) is 22.4 Å². The maximum absolute atomic E-state index is 5.52. The molecule has 72 valence electrons. The van der Waals surface area contributed by atoms with Gasteiger partial charge < -0.3 is 9.15 Å². The van der Waals surface area contributed by atoms with E-state index in [0.29, 0.717) is 6.61 Å². The van der Waals surface area contributed by atoms with Gasteiger partial charge in [-0.05, 0) is 34.1 Å². The molecule has 0 saturated heterocycles. The van der Waals surface area contributed by atoms with E-state index in [4.69, 9.17) is 9.15 Å². The van der Waals surface area contributed by atoms with E-state index in [1.165, 1.54) is 0 Å². The van der Waals surface area contributed by atoms with Crippen molar-refractivity contribution < 1.29 is 9.15 Å². The largest absolute Gasteiger partial charge is 0.489 e. The highest BCUT2D eigenvalue weighted by Gasteiger charge is 1.99. The molecule has 1 aromatic heterocycles. The molecule has 0 radical (unpaired) electrons. The first kappa shape index (κ1) is 9.34. The van der Waals surface area contributed by atoms with Crippen molar-refractivity contribution in [3.63, 3.8) is 0 Å². The molecule has 0 bridgehead atoms.